The highest BCUT2D eigenvalue weighted by molar-refractivity contribution is 7.21. The van der Waals surface area contributed by atoms with Crippen molar-refractivity contribution in [1.29, 1.82) is 0 Å². The number of anilines is 1. The Morgan fingerprint density at radius 3 is 3.04 bits per heavy atom. The van der Waals surface area contributed by atoms with E-state index in [0.717, 1.165) is 51.9 Å². The van der Waals surface area contributed by atoms with Crippen LogP contribution in [0.1, 0.15) is 12.6 Å². The molecular formula is C17H18N4OS. The molecule has 0 aliphatic carbocycles. The van der Waals surface area contributed by atoms with E-state index in [0.29, 0.717) is 6.04 Å². The predicted molar refractivity (Wildman–Crippen MR) is 93.0 cm³/mol. The maximum Gasteiger partial charge on any atom is 0.126 e. The third-order valence-corrected chi connectivity index (χ3v) is 5.14. The largest absolute Gasteiger partial charge is 0.377 e. The minimum Gasteiger partial charge on any atom is -0.377 e. The maximum absolute atomic E-state index is 5.52. The first kappa shape index (κ1) is 14.5. The summed E-state index contributed by atoms with van der Waals surface area (Å²) in [5, 5.41) is 0.989. The van der Waals surface area contributed by atoms with E-state index in [1.807, 2.05) is 31.6 Å². The molecule has 4 rings (SSSR count). The number of pyridine rings is 2. The Kier molecular flexibility index (Phi) is 3.71. The average Bonchev–Trinajstić information content (AvgIpc) is 2.98. The van der Waals surface area contributed by atoms with Crippen LogP contribution in [-0.2, 0) is 4.74 Å². The second-order valence-electron chi connectivity index (χ2n) is 5.86. The van der Waals surface area contributed by atoms with Crippen molar-refractivity contribution >= 4 is 27.2 Å². The van der Waals surface area contributed by atoms with Crippen LogP contribution in [-0.4, -0.2) is 40.8 Å². The van der Waals surface area contributed by atoms with E-state index >= 15 is 0 Å². The number of hydrogen-bond donors (Lipinski definition) is 0. The van der Waals surface area contributed by atoms with Gasteiger partial charge in [0.25, 0.3) is 0 Å². The van der Waals surface area contributed by atoms with Crippen molar-refractivity contribution in [1.82, 2.24) is 15.0 Å². The molecule has 0 spiro atoms. The topological polar surface area (TPSA) is 51.1 Å². The molecule has 118 valence electrons. The molecule has 3 aromatic rings. The van der Waals surface area contributed by atoms with Gasteiger partial charge in [0, 0.05) is 36.2 Å². The molecule has 1 saturated heterocycles. The standard InChI is InChI=1S/C17H18N4OS/c1-11-5-15-16(9-19-11)23-17(20-15)13-6-14(8-18-7-13)21-3-4-22-10-12(21)2/h5-9,12H,3-4,10H2,1-2H3/t12-/m1/s1. The molecule has 1 aliphatic heterocycles. The van der Waals surface area contributed by atoms with Crippen molar-refractivity contribution in [3.8, 4) is 10.6 Å². The molecule has 6 heteroatoms. The van der Waals surface area contributed by atoms with Crippen LogP contribution < -0.4 is 4.90 Å². The second-order valence-corrected chi connectivity index (χ2v) is 6.89. The van der Waals surface area contributed by atoms with Crippen molar-refractivity contribution < 1.29 is 4.74 Å². The van der Waals surface area contributed by atoms with Crippen LogP contribution >= 0.6 is 11.3 Å². The Labute approximate surface area is 139 Å². The van der Waals surface area contributed by atoms with Crippen LogP contribution in [0.3, 0.4) is 0 Å². The molecular weight excluding hydrogens is 308 g/mol. The van der Waals surface area contributed by atoms with Crippen molar-refractivity contribution in [2.45, 2.75) is 19.9 Å². The number of nitrogens with zero attached hydrogens (tertiary/aromatic N) is 4. The molecule has 3 aromatic heterocycles. The number of thiazole rings is 1. The maximum atomic E-state index is 5.52. The monoisotopic (exact) mass is 326 g/mol. The lowest BCUT2D eigenvalue weighted by Gasteiger charge is -2.35. The molecule has 5 nitrogen and oxygen atoms in total. The molecule has 23 heavy (non-hydrogen) atoms. The zero-order valence-electron chi connectivity index (χ0n) is 13.2. The van der Waals surface area contributed by atoms with E-state index in [9.17, 15) is 0 Å². The Morgan fingerprint density at radius 1 is 1.26 bits per heavy atom. The van der Waals surface area contributed by atoms with Crippen LogP contribution in [0.15, 0.2) is 30.7 Å². The fourth-order valence-corrected chi connectivity index (χ4v) is 3.77. The van der Waals surface area contributed by atoms with Crippen LogP contribution in [0, 0.1) is 6.92 Å². The van der Waals surface area contributed by atoms with Crippen LogP contribution in [0.25, 0.3) is 20.8 Å². The zero-order chi connectivity index (χ0) is 15.8. The van der Waals surface area contributed by atoms with E-state index in [1.165, 1.54) is 0 Å². The van der Waals surface area contributed by atoms with E-state index in [4.69, 9.17) is 9.72 Å². The number of ether oxygens (including phenoxy) is 1. The van der Waals surface area contributed by atoms with Gasteiger partial charge in [-0.05, 0) is 26.0 Å². The van der Waals surface area contributed by atoms with Gasteiger partial charge < -0.3 is 9.64 Å². The first-order valence-electron chi connectivity index (χ1n) is 7.74. The first-order valence-corrected chi connectivity index (χ1v) is 8.55. The number of fused-ring (bicyclic) bond motifs is 1. The molecule has 0 saturated carbocycles. The highest BCUT2D eigenvalue weighted by Crippen LogP contribution is 2.32. The lowest BCUT2D eigenvalue weighted by Crippen LogP contribution is -2.43. The molecule has 1 aliphatic rings. The summed E-state index contributed by atoms with van der Waals surface area (Å²) >= 11 is 1.66. The third kappa shape index (κ3) is 2.80. The van der Waals surface area contributed by atoms with E-state index in [2.05, 4.69) is 27.9 Å². The summed E-state index contributed by atoms with van der Waals surface area (Å²) < 4.78 is 6.63. The predicted octanol–water partition coefficient (Wildman–Crippen LogP) is 3.29. The summed E-state index contributed by atoms with van der Waals surface area (Å²) in [7, 11) is 0. The minimum absolute atomic E-state index is 0.364. The van der Waals surface area contributed by atoms with E-state index in [1.54, 1.807) is 11.3 Å². The molecule has 1 fully saturated rings. The number of aryl methyl sites for hydroxylation is 1. The molecule has 0 bridgehead atoms. The molecule has 0 N–H and O–H groups in total. The van der Waals surface area contributed by atoms with Gasteiger partial charge in [-0.1, -0.05) is 0 Å². The Morgan fingerprint density at radius 2 is 2.17 bits per heavy atom. The molecule has 0 radical (unpaired) electrons. The summed E-state index contributed by atoms with van der Waals surface area (Å²) in [6.45, 7) is 6.59. The summed E-state index contributed by atoms with van der Waals surface area (Å²) in [4.78, 5) is 15.9. The first-order chi connectivity index (χ1) is 11.2. The van der Waals surface area contributed by atoms with Crippen molar-refractivity contribution in [3.05, 3.63) is 36.4 Å². The van der Waals surface area contributed by atoms with Gasteiger partial charge in [-0.25, -0.2) is 4.98 Å². The number of morpholine rings is 1. The smallest absolute Gasteiger partial charge is 0.126 e. The van der Waals surface area contributed by atoms with Gasteiger partial charge in [-0.3, -0.25) is 9.97 Å². The fourth-order valence-electron chi connectivity index (χ4n) is 2.87. The Bertz CT molecular complexity index is 847. The van der Waals surface area contributed by atoms with Crippen LogP contribution in [0.2, 0.25) is 0 Å². The van der Waals surface area contributed by atoms with Gasteiger partial charge >= 0.3 is 0 Å². The molecule has 0 aromatic carbocycles. The highest BCUT2D eigenvalue weighted by Gasteiger charge is 2.20. The van der Waals surface area contributed by atoms with Crippen molar-refractivity contribution in [3.63, 3.8) is 0 Å². The Balaban J connectivity index is 1.72. The highest BCUT2D eigenvalue weighted by atomic mass is 32.1. The summed E-state index contributed by atoms with van der Waals surface area (Å²) in [5.74, 6) is 0. The molecule has 0 amide bonds. The summed E-state index contributed by atoms with van der Waals surface area (Å²) in [6.07, 6.45) is 5.70. The van der Waals surface area contributed by atoms with E-state index in [-0.39, 0.29) is 0 Å². The number of rotatable bonds is 2. The lowest BCUT2D eigenvalue weighted by molar-refractivity contribution is 0.0989. The van der Waals surface area contributed by atoms with E-state index < -0.39 is 0 Å². The van der Waals surface area contributed by atoms with Gasteiger partial charge in [0.1, 0.15) is 5.01 Å². The fraction of sp³-hybridized carbons (Fsp3) is 0.353. The lowest BCUT2D eigenvalue weighted by atomic mass is 10.2. The van der Waals surface area contributed by atoms with Gasteiger partial charge in [0.2, 0.25) is 0 Å². The van der Waals surface area contributed by atoms with Crippen molar-refractivity contribution in [2.24, 2.45) is 0 Å². The van der Waals surface area contributed by atoms with Gasteiger partial charge in [0.05, 0.1) is 35.3 Å². The number of hydrogen-bond acceptors (Lipinski definition) is 6. The molecule has 0 unspecified atom stereocenters. The average molecular weight is 326 g/mol. The van der Waals surface area contributed by atoms with Gasteiger partial charge in [-0.2, -0.15) is 0 Å². The summed E-state index contributed by atoms with van der Waals surface area (Å²) in [5.41, 5.74) is 4.18. The Hall–Kier alpha value is -2.05. The second kappa shape index (κ2) is 5.86. The quantitative estimate of drug-likeness (QED) is 0.723. The normalized spacial score (nSPS) is 18.5. The zero-order valence-corrected chi connectivity index (χ0v) is 14.0. The van der Waals surface area contributed by atoms with Crippen molar-refractivity contribution in [2.75, 3.05) is 24.7 Å². The summed E-state index contributed by atoms with van der Waals surface area (Å²) in [6, 6.07) is 4.56. The number of aromatic nitrogens is 3. The van der Waals surface area contributed by atoms with Crippen LogP contribution in [0.4, 0.5) is 5.69 Å². The van der Waals surface area contributed by atoms with Gasteiger partial charge in [0.15, 0.2) is 0 Å². The third-order valence-electron chi connectivity index (χ3n) is 4.08. The minimum atomic E-state index is 0.364. The van der Waals surface area contributed by atoms with Crippen LogP contribution in [0.5, 0.6) is 0 Å². The molecule has 1 atom stereocenters. The SMILES string of the molecule is Cc1cc2nc(-c3cncc(N4CCOC[C@H]4C)c3)sc2cn1. The van der Waals surface area contributed by atoms with Gasteiger partial charge in [-0.15, -0.1) is 11.3 Å². The molecule has 4 heterocycles.